The van der Waals surface area contributed by atoms with Crippen molar-refractivity contribution in [2.75, 3.05) is 7.11 Å². The number of nitrogens with one attached hydrogen (secondary N) is 1. The Morgan fingerprint density at radius 3 is 2.29 bits per heavy atom. The molecule has 110 valence electrons. The van der Waals surface area contributed by atoms with Crippen molar-refractivity contribution in [3.8, 4) is 5.75 Å². The summed E-state index contributed by atoms with van der Waals surface area (Å²) < 4.78 is 5.19. The van der Waals surface area contributed by atoms with E-state index in [0.717, 1.165) is 18.2 Å². The molecule has 2 heteroatoms. The molecule has 0 saturated heterocycles. The molecule has 0 radical (unpaired) electrons. The quantitative estimate of drug-likeness (QED) is 0.846. The zero-order valence-electron chi connectivity index (χ0n) is 12.8. The lowest BCUT2D eigenvalue weighted by Gasteiger charge is -2.15. The molecule has 0 bridgehead atoms. The van der Waals surface area contributed by atoms with Crippen molar-refractivity contribution in [2.45, 2.75) is 38.3 Å². The molecule has 1 atom stereocenters. The Morgan fingerprint density at radius 1 is 1.05 bits per heavy atom. The number of ether oxygens (including phenoxy) is 1. The third-order valence-electron chi connectivity index (χ3n) is 4.26. The highest BCUT2D eigenvalue weighted by Crippen LogP contribution is 2.39. The van der Waals surface area contributed by atoms with Crippen molar-refractivity contribution >= 4 is 0 Å². The Morgan fingerprint density at radius 2 is 1.71 bits per heavy atom. The third-order valence-corrected chi connectivity index (χ3v) is 4.26. The Bertz CT molecular complexity index is 570. The largest absolute Gasteiger partial charge is 0.497 e. The topological polar surface area (TPSA) is 21.3 Å². The van der Waals surface area contributed by atoms with Crippen LogP contribution >= 0.6 is 0 Å². The molecule has 1 fully saturated rings. The average Bonchev–Trinajstić information content (AvgIpc) is 3.38. The van der Waals surface area contributed by atoms with Gasteiger partial charge in [0, 0.05) is 12.6 Å². The predicted molar refractivity (Wildman–Crippen MR) is 86.7 cm³/mol. The molecule has 1 aliphatic rings. The van der Waals surface area contributed by atoms with Crippen LogP contribution in [0.4, 0.5) is 0 Å². The number of benzene rings is 2. The van der Waals surface area contributed by atoms with Gasteiger partial charge in [-0.3, -0.25) is 0 Å². The van der Waals surface area contributed by atoms with E-state index in [1.807, 2.05) is 12.1 Å². The van der Waals surface area contributed by atoms with Crippen LogP contribution < -0.4 is 10.1 Å². The maximum absolute atomic E-state index is 5.19. The molecule has 0 aliphatic heterocycles. The second kappa shape index (κ2) is 6.31. The molecule has 2 aromatic carbocycles. The number of hydrogen-bond acceptors (Lipinski definition) is 2. The van der Waals surface area contributed by atoms with Crippen molar-refractivity contribution in [1.29, 1.82) is 0 Å². The minimum absolute atomic E-state index is 0.332. The zero-order valence-corrected chi connectivity index (χ0v) is 12.8. The van der Waals surface area contributed by atoms with Crippen molar-refractivity contribution in [3.63, 3.8) is 0 Å². The van der Waals surface area contributed by atoms with E-state index in [4.69, 9.17) is 4.74 Å². The minimum atomic E-state index is 0.332. The molecule has 2 nitrogen and oxygen atoms in total. The fraction of sp³-hybridized carbons (Fsp3) is 0.368. The summed E-state index contributed by atoms with van der Waals surface area (Å²) in [5, 5.41) is 3.58. The molecule has 0 aromatic heterocycles. The van der Waals surface area contributed by atoms with Gasteiger partial charge < -0.3 is 10.1 Å². The molecule has 3 rings (SSSR count). The molecule has 0 unspecified atom stereocenters. The second-order valence-electron chi connectivity index (χ2n) is 5.89. The summed E-state index contributed by atoms with van der Waals surface area (Å²) in [6.07, 6.45) is 2.73. The summed E-state index contributed by atoms with van der Waals surface area (Å²) in [5.41, 5.74) is 4.13. The molecule has 1 N–H and O–H groups in total. The summed E-state index contributed by atoms with van der Waals surface area (Å²) in [6, 6.07) is 17.7. The SMILES string of the molecule is COc1ccc([C@@H](C)NCc2ccc(C3CC3)cc2)cc1. The lowest BCUT2D eigenvalue weighted by Crippen LogP contribution is -2.18. The molecular weight excluding hydrogens is 258 g/mol. The third kappa shape index (κ3) is 3.64. The molecule has 0 spiro atoms. The summed E-state index contributed by atoms with van der Waals surface area (Å²) >= 11 is 0. The Kier molecular flexibility index (Phi) is 4.26. The highest BCUT2D eigenvalue weighted by atomic mass is 16.5. The van der Waals surface area contributed by atoms with Crippen molar-refractivity contribution < 1.29 is 4.74 Å². The van der Waals surface area contributed by atoms with E-state index in [1.54, 1.807) is 7.11 Å². The van der Waals surface area contributed by atoms with Crippen LogP contribution in [0.15, 0.2) is 48.5 Å². The van der Waals surface area contributed by atoms with E-state index < -0.39 is 0 Å². The van der Waals surface area contributed by atoms with Crippen LogP contribution in [-0.4, -0.2) is 7.11 Å². The van der Waals surface area contributed by atoms with Crippen LogP contribution in [0.25, 0.3) is 0 Å². The zero-order chi connectivity index (χ0) is 14.7. The maximum Gasteiger partial charge on any atom is 0.118 e. The highest BCUT2D eigenvalue weighted by molar-refractivity contribution is 5.30. The van der Waals surface area contributed by atoms with Crippen molar-refractivity contribution in [2.24, 2.45) is 0 Å². The number of methoxy groups -OCH3 is 1. The fourth-order valence-corrected chi connectivity index (χ4v) is 2.61. The van der Waals surface area contributed by atoms with Gasteiger partial charge in [-0.2, -0.15) is 0 Å². The second-order valence-corrected chi connectivity index (χ2v) is 5.89. The molecule has 1 saturated carbocycles. The van der Waals surface area contributed by atoms with Crippen LogP contribution in [-0.2, 0) is 6.54 Å². The first kappa shape index (κ1) is 14.2. The van der Waals surface area contributed by atoms with Gasteiger partial charge in [-0.1, -0.05) is 36.4 Å². The van der Waals surface area contributed by atoms with Gasteiger partial charge in [-0.05, 0) is 54.5 Å². The van der Waals surface area contributed by atoms with Gasteiger partial charge in [0.15, 0.2) is 0 Å². The summed E-state index contributed by atoms with van der Waals surface area (Å²) in [4.78, 5) is 0. The molecule has 21 heavy (non-hydrogen) atoms. The highest BCUT2D eigenvalue weighted by Gasteiger charge is 2.22. The standard InChI is InChI=1S/C19H23NO/c1-14(16-9-11-19(21-2)12-10-16)20-13-15-3-5-17(6-4-15)18-7-8-18/h3-6,9-12,14,18,20H,7-8,13H2,1-2H3/t14-/m1/s1. The van der Waals surface area contributed by atoms with Crippen molar-refractivity contribution in [3.05, 3.63) is 65.2 Å². The normalized spacial score (nSPS) is 15.7. The van der Waals surface area contributed by atoms with Gasteiger partial charge in [0.25, 0.3) is 0 Å². The van der Waals surface area contributed by atoms with Crippen LogP contribution in [0.3, 0.4) is 0 Å². The van der Waals surface area contributed by atoms with E-state index in [-0.39, 0.29) is 0 Å². The molecular formula is C19H23NO. The molecule has 0 amide bonds. The first-order valence-electron chi connectivity index (χ1n) is 7.72. The van der Waals surface area contributed by atoms with Crippen LogP contribution in [0.1, 0.15) is 48.4 Å². The summed E-state index contributed by atoms with van der Waals surface area (Å²) in [5.74, 6) is 1.74. The number of rotatable bonds is 6. The average molecular weight is 281 g/mol. The monoisotopic (exact) mass is 281 g/mol. The van der Waals surface area contributed by atoms with Gasteiger partial charge in [0.2, 0.25) is 0 Å². The van der Waals surface area contributed by atoms with Gasteiger partial charge in [-0.25, -0.2) is 0 Å². The van der Waals surface area contributed by atoms with Gasteiger partial charge in [-0.15, -0.1) is 0 Å². The van der Waals surface area contributed by atoms with Crippen LogP contribution in [0.5, 0.6) is 5.75 Å². The van der Waals surface area contributed by atoms with Gasteiger partial charge in [0.05, 0.1) is 7.11 Å². The Labute approximate surface area is 127 Å². The van der Waals surface area contributed by atoms with Crippen molar-refractivity contribution in [1.82, 2.24) is 5.32 Å². The van der Waals surface area contributed by atoms with Gasteiger partial charge in [0.1, 0.15) is 5.75 Å². The van der Waals surface area contributed by atoms with Crippen LogP contribution in [0.2, 0.25) is 0 Å². The lowest BCUT2D eigenvalue weighted by molar-refractivity contribution is 0.414. The predicted octanol–water partition coefficient (Wildman–Crippen LogP) is 4.42. The first-order chi connectivity index (χ1) is 10.3. The van der Waals surface area contributed by atoms with E-state index in [2.05, 4.69) is 48.6 Å². The smallest absolute Gasteiger partial charge is 0.118 e. The molecule has 0 heterocycles. The Hall–Kier alpha value is -1.80. The molecule has 2 aromatic rings. The first-order valence-corrected chi connectivity index (χ1v) is 7.72. The molecule has 1 aliphatic carbocycles. The van der Waals surface area contributed by atoms with Crippen LogP contribution in [0, 0.1) is 0 Å². The maximum atomic E-state index is 5.19. The Balaban J connectivity index is 1.55. The van der Waals surface area contributed by atoms with E-state index in [9.17, 15) is 0 Å². The van der Waals surface area contributed by atoms with E-state index in [1.165, 1.54) is 29.5 Å². The van der Waals surface area contributed by atoms with E-state index >= 15 is 0 Å². The number of hydrogen-bond donors (Lipinski definition) is 1. The fourth-order valence-electron chi connectivity index (χ4n) is 2.61. The summed E-state index contributed by atoms with van der Waals surface area (Å²) in [7, 11) is 1.70. The minimum Gasteiger partial charge on any atom is -0.497 e. The van der Waals surface area contributed by atoms with Gasteiger partial charge >= 0.3 is 0 Å². The van der Waals surface area contributed by atoms with E-state index in [0.29, 0.717) is 6.04 Å². The summed E-state index contributed by atoms with van der Waals surface area (Å²) in [6.45, 7) is 3.10. The lowest BCUT2D eigenvalue weighted by atomic mass is 10.1.